The molecule has 0 aromatic rings. The van der Waals surface area contributed by atoms with E-state index in [1.807, 2.05) is 58.1 Å². The summed E-state index contributed by atoms with van der Waals surface area (Å²) in [5, 5.41) is 51.2. The van der Waals surface area contributed by atoms with Gasteiger partial charge < -0.3 is 49.4 Å². The van der Waals surface area contributed by atoms with Gasteiger partial charge in [0.05, 0.1) is 37.6 Å². The number of Topliss-reactive ketones (excluding diaryl/α,β-unsaturated/α-hetero) is 3. The zero-order chi connectivity index (χ0) is 53.2. The Morgan fingerprint density at radius 2 is 1.56 bits per heavy atom. The molecule has 16 heteroatoms. The van der Waals surface area contributed by atoms with Crippen molar-refractivity contribution in [1.29, 1.82) is 0 Å². The molecule has 2 aliphatic heterocycles. The Morgan fingerprint density at radius 3 is 2.20 bits per heavy atom. The molecule has 5 N–H and O–H groups in total. The van der Waals surface area contributed by atoms with E-state index in [1.165, 1.54) is 6.92 Å². The number of rotatable bonds is 28. The van der Waals surface area contributed by atoms with Crippen LogP contribution in [-0.2, 0) is 47.7 Å². The molecule has 402 valence electrons. The molecule has 0 bridgehead atoms. The molecule has 1 saturated carbocycles. The fourth-order valence-electron chi connectivity index (χ4n) is 10.0. The summed E-state index contributed by atoms with van der Waals surface area (Å²) in [5.41, 5.74) is 0.0885. The number of esters is 1. The third-order valence-electron chi connectivity index (χ3n) is 15.2. The number of allylic oxidation sites excluding steroid dienone is 6. The number of amides is 1. The second-order valence-electron chi connectivity index (χ2n) is 21.4. The second kappa shape index (κ2) is 29.1. The predicted octanol–water partition coefficient (Wildman–Crippen LogP) is 6.65. The lowest BCUT2D eigenvalue weighted by Crippen LogP contribution is -2.60. The number of aliphatic carboxylic acids is 1. The summed E-state index contributed by atoms with van der Waals surface area (Å²) in [5.74, 6) is -7.10. The topological polar surface area (TPSA) is 244 Å². The highest BCUT2D eigenvalue weighted by Crippen LogP contribution is 2.37. The number of carboxylic acid groups (broad SMARTS) is 1. The van der Waals surface area contributed by atoms with Gasteiger partial charge in [-0.25, -0.2) is 4.79 Å². The fourth-order valence-corrected chi connectivity index (χ4v) is 10.0. The molecule has 16 nitrogen and oxygen atoms in total. The van der Waals surface area contributed by atoms with E-state index in [-0.39, 0.29) is 54.8 Å². The minimum Gasteiger partial charge on any atom is -0.480 e. The number of ketones is 3. The first-order valence-electron chi connectivity index (χ1n) is 25.8. The average molecular weight is 1000 g/mol. The highest BCUT2D eigenvalue weighted by Gasteiger charge is 2.53. The number of hydrogen-bond donors (Lipinski definition) is 5. The molecule has 0 spiro atoms. The van der Waals surface area contributed by atoms with E-state index < -0.39 is 90.3 Å². The number of carbonyl (C=O) groups excluding carboxylic acids is 5. The Bertz CT molecular complexity index is 1900. The van der Waals surface area contributed by atoms with Crippen LogP contribution in [0.1, 0.15) is 145 Å². The van der Waals surface area contributed by atoms with Crippen LogP contribution in [0.25, 0.3) is 0 Å². The third-order valence-corrected chi connectivity index (χ3v) is 15.2. The normalized spacial score (nSPS) is 27.4. The molecule has 1 amide bonds. The van der Waals surface area contributed by atoms with E-state index in [4.69, 9.17) is 18.9 Å². The molecule has 3 aliphatic rings. The molecule has 13 unspecified atom stereocenters. The lowest BCUT2D eigenvalue weighted by atomic mass is 9.79. The van der Waals surface area contributed by atoms with E-state index in [9.17, 15) is 54.3 Å². The van der Waals surface area contributed by atoms with E-state index >= 15 is 0 Å². The van der Waals surface area contributed by atoms with Crippen molar-refractivity contribution in [2.75, 3.05) is 34.0 Å². The van der Waals surface area contributed by atoms with Gasteiger partial charge in [-0.05, 0) is 120 Å². The van der Waals surface area contributed by atoms with Gasteiger partial charge in [-0.2, -0.15) is 0 Å². The van der Waals surface area contributed by atoms with Gasteiger partial charge in [0.25, 0.3) is 11.7 Å². The zero-order valence-corrected chi connectivity index (χ0v) is 44.2. The number of ether oxygens (including phenoxy) is 4. The van der Waals surface area contributed by atoms with Gasteiger partial charge in [0.2, 0.25) is 5.79 Å². The number of aliphatic hydroxyl groups is 4. The molecule has 13 atom stereocenters. The number of methoxy groups -OCH3 is 2. The Balaban J connectivity index is 1.42. The molecular formula is C55H87NO15. The first kappa shape index (κ1) is 61.4. The number of piperidine rings is 1. The minimum absolute atomic E-state index is 0.0426. The van der Waals surface area contributed by atoms with Crippen molar-refractivity contribution in [2.24, 2.45) is 40.9 Å². The Labute approximate surface area is 422 Å². The number of aliphatic hydroxyl groups excluding tert-OH is 3. The summed E-state index contributed by atoms with van der Waals surface area (Å²) in [6.07, 6.45) is 15.9. The predicted molar refractivity (Wildman–Crippen MR) is 267 cm³/mol. The van der Waals surface area contributed by atoms with E-state index in [0.717, 1.165) is 23.3 Å². The van der Waals surface area contributed by atoms with Crippen molar-refractivity contribution >= 4 is 35.2 Å². The SMILES string of the molecule is COC(CC1CCC(C)C(O)(C(=O)C(=O)N2CCCCC2C(=O)O)O1)C(C)=CC=CC=CC(C)CC(C)C(=O)CC(O)C(C)=CC(C)C(=O)CCC(C)CC1CCC(OC(=O)C(C)(CO)CO)C(OC)C1. The molecular weight excluding hydrogens is 915 g/mol. The molecule has 3 fully saturated rings. The molecule has 2 heterocycles. The van der Waals surface area contributed by atoms with Gasteiger partial charge in [0.15, 0.2) is 0 Å². The smallest absolute Gasteiger partial charge is 0.326 e. The van der Waals surface area contributed by atoms with E-state index in [1.54, 1.807) is 34.1 Å². The Hall–Kier alpha value is -3.90. The van der Waals surface area contributed by atoms with Gasteiger partial charge >= 0.3 is 11.9 Å². The quantitative estimate of drug-likeness (QED) is 0.0239. The highest BCUT2D eigenvalue weighted by molar-refractivity contribution is 6.39. The van der Waals surface area contributed by atoms with E-state index in [2.05, 4.69) is 6.92 Å². The highest BCUT2D eigenvalue weighted by atomic mass is 16.6. The van der Waals surface area contributed by atoms with Gasteiger partial charge in [-0.15, -0.1) is 0 Å². The van der Waals surface area contributed by atoms with Gasteiger partial charge in [-0.3, -0.25) is 24.0 Å². The third kappa shape index (κ3) is 17.9. The van der Waals surface area contributed by atoms with Crippen molar-refractivity contribution in [3.05, 3.63) is 47.6 Å². The lowest BCUT2D eigenvalue weighted by molar-refractivity contribution is -0.265. The summed E-state index contributed by atoms with van der Waals surface area (Å²) in [7, 11) is 3.14. The van der Waals surface area contributed by atoms with Crippen LogP contribution in [-0.4, -0.2) is 142 Å². The maximum Gasteiger partial charge on any atom is 0.326 e. The number of hydrogen-bond acceptors (Lipinski definition) is 14. The van der Waals surface area contributed by atoms with Crippen molar-refractivity contribution in [2.45, 2.75) is 188 Å². The summed E-state index contributed by atoms with van der Waals surface area (Å²) in [6.45, 7) is 13.7. The molecule has 0 aromatic carbocycles. The molecule has 71 heavy (non-hydrogen) atoms. The van der Waals surface area contributed by atoms with Gasteiger partial charge in [0, 0.05) is 57.8 Å². The Kier molecular flexibility index (Phi) is 25.2. The lowest BCUT2D eigenvalue weighted by Gasteiger charge is -2.42. The molecule has 3 rings (SSSR count). The Morgan fingerprint density at radius 1 is 0.873 bits per heavy atom. The second-order valence-corrected chi connectivity index (χ2v) is 21.4. The first-order valence-corrected chi connectivity index (χ1v) is 25.8. The van der Waals surface area contributed by atoms with Crippen LogP contribution >= 0.6 is 0 Å². The number of nitrogens with zero attached hydrogens (tertiary/aromatic N) is 1. The molecule has 2 saturated heterocycles. The van der Waals surface area contributed by atoms with Gasteiger partial charge in [-0.1, -0.05) is 71.1 Å². The van der Waals surface area contributed by atoms with E-state index in [0.29, 0.717) is 75.7 Å². The van der Waals surface area contributed by atoms with Crippen LogP contribution in [0.2, 0.25) is 0 Å². The van der Waals surface area contributed by atoms with Crippen molar-refractivity contribution in [3.63, 3.8) is 0 Å². The number of carboxylic acids is 1. The van der Waals surface area contributed by atoms with Crippen molar-refractivity contribution in [1.82, 2.24) is 4.90 Å². The average Bonchev–Trinajstić information content (AvgIpc) is 3.34. The fraction of sp³-hybridized carbons (Fsp3) is 0.745. The van der Waals surface area contributed by atoms with Crippen LogP contribution in [0.4, 0.5) is 0 Å². The van der Waals surface area contributed by atoms with Crippen LogP contribution in [0.3, 0.4) is 0 Å². The summed E-state index contributed by atoms with van der Waals surface area (Å²) < 4.78 is 23.1. The first-order chi connectivity index (χ1) is 33.4. The van der Waals surface area contributed by atoms with Crippen LogP contribution < -0.4 is 0 Å². The maximum absolute atomic E-state index is 13.4. The molecule has 0 radical (unpaired) electrons. The zero-order valence-electron chi connectivity index (χ0n) is 44.2. The maximum atomic E-state index is 13.4. The van der Waals surface area contributed by atoms with Crippen LogP contribution in [0, 0.1) is 40.9 Å². The van der Waals surface area contributed by atoms with Gasteiger partial charge in [0.1, 0.15) is 29.1 Å². The van der Waals surface area contributed by atoms with Crippen molar-refractivity contribution < 1.29 is 73.2 Å². The molecule has 0 aromatic heterocycles. The largest absolute Gasteiger partial charge is 0.480 e. The molecule has 1 aliphatic carbocycles. The number of carbonyl (C=O) groups is 6. The van der Waals surface area contributed by atoms with Crippen LogP contribution in [0.15, 0.2) is 47.6 Å². The van der Waals surface area contributed by atoms with Crippen molar-refractivity contribution in [3.8, 4) is 0 Å². The standard InChI is InChI=1S/C55H87NO15/c1-34(16-12-11-13-17-36(3)48(68-9)30-42-22-20-40(7)55(67,71-42)50(62)51(63)56-25-15-14-18-43(56)52(64)65)26-37(4)45(60)31-46(61)39(6)28-38(5)44(59)23-19-35(2)27-41-21-24-47(49(29-41)69-10)70-53(66)54(8,32-57)33-58/h11-13,16-17,28,34-35,37-38,40-43,46-49,57-58,61,67H,14-15,18-27,29-33H2,1-10H3,(H,64,65). The minimum atomic E-state index is -2.38. The summed E-state index contributed by atoms with van der Waals surface area (Å²) in [4.78, 5) is 78.5. The number of likely N-dealkylation sites (tertiary alicyclic amines) is 1. The van der Waals surface area contributed by atoms with Crippen LogP contribution in [0.5, 0.6) is 0 Å². The summed E-state index contributed by atoms with van der Waals surface area (Å²) >= 11 is 0. The summed E-state index contributed by atoms with van der Waals surface area (Å²) in [6, 6.07) is -1.12. The monoisotopic (exact) mass is 1000 g/mol.